The molecule has 0 aliphatic heterocycles. The van der Waals surface area contributed by atoms with Gasteiger partial charge in [0, 0.05) is 11.4 Å². The van der Waals surface area contributed by atoms with Crippen LogP contribution in [0.1, 0.15) is 24.1 Å². The van der Waals surface area contributed by atoms with E-state index in [9.17, 15) is 4.79 Å². The zero-order valence-electron chi connectivity index (χ0n) is 14.9. The van der Waals surface area contributed by atoms with Crippen LogP contribution in [0.4, 0.5) is 0 Å². The number of amides is 1. The van der Waals surface area contributed by atoms with Crippen molar-refractivity contribution in [3.8, 4) is 0 Å². The fourth-order valence-corrected chi connectivity index (χ4v) is 3.35. The van der Waals surface area contributed by atoms with Crippen molar-refractivity contribution in [2.45, 2.75) is 25.4 Å². The summed E-state index contributed by atoms with van der Waals surface area (Å²) in [6.07, 6.45) is 2.14. The highest BCUT2D eigenvalue weighted by atomic mass is 16.1. The second-order valence-electron chi connectivity index (χ2n) is 6.64. The van der Waals surface area contributed by atoms with Crippen molar-refractivity contribution in [3.05, 3.63) is 65.9 Å². The van der Waals surface area contributed by atoms with Crippen LogP contribution in [0.3, 0.4) is 0 Å². The molecule has 0 aliphatic carbocycles. The van der Waals surface area contributed by atoms with Crippen LogP contribution in [-0.2, 0) is 11.2 Å². The maximum atomic E-state index is 12.5. The number of H-pyrrole nitrogens is 1. The summed E-state index contributed by atoms with van der Waals surface area (Å²) in [6.45, 7) is 2.05. The molecular formula is C20H24N4O. The van der Waals surface area contributed by atoms with Crippen molar-refractivity contribution >= 4 is 16.8 Å². The molecule has 0 unspecified atom stereocenters. The maximum Gasteiger partial charge on any atom is 0.224 e. The monoisotopic (exact) mass is 336 g/mol. The molecule has 0 saturated carbocycles. The Morgan fingerprint density at radius 3 is 2.68 bits per heavy atom. The lowest BCUT2D eigenvalue weighted by molar-refractivity contribution is -0.121. The second-order valence-corrected chi connectivity index (χ2v) is 6.64. The molecule has 2 aromatic carbocycles. The smallest absolute Gasteiger partial charge is 0.224 e. The van der Waals surface area contributed by atoms with Gasteiger partial charge in [0.1, 0.15) is 0 Å². The van der Waals surface area contributed by atoms with E-state index in [1.54, 1.807) is 6.20 Å². The molecule has 5 nitrogen and oxygen atoms in total. The summed E-state index contributed by atoms with van der Waals surface area (Å²) in [5, 5.41) is 11.1. The van der Waals surface area contributed by atoms with Gasteiger partial charge in [0.15, 0.2) is 0 Å². The fourth-order valence-electron chi connectivity index (χ4n) is 3.35. The number of hydrogen-bond acceptors (Lipinski definition) is 3. The Morgan fingerprint density at radius 2 is 1.96 bits per heavy atom. The summed E-state index contributed by atoms with van der Waals surface area (Å²) in [5.74, 6) is 0.0224. The number of carbonyl (C=O) groups is 1. The summed E-state index contributed by atoms with van der Waals surface area (Å²) >= 11 is 0. The molecule has 0 saturated heterocycles. The summed E-state index contributed by atoms with van der Waals surface area (Å²) < 4.78 is 0. The fraction of sp³-hybridized carbons (Fsp3) is 0.300. The topological polar surface area (TPSA) is 61.0 Å². The average Bonchev–Trinajstić information content (AvgIpc) is 3.03. The van der Waals surface area contributed by atoms with Crippen molar-refractivity contribution in [1.29, 1.82) is 0 Å². The molecule has 0 fully saturated rings. The highest BCUT2D eigenvalue weighted by molar-refractivity contribution is 5.82. The minimum atomic E-state index is 0.000727. The molecule has 5 heteroatoms. The van der Waals surface area contributed by atoms with Gasteiger partial charge in [-0.3, -0.25) is 9.89 Å². The highest BCUT2D eigenvalue weighted by Gasteiger charge is 2.22. The minimum absolute atomic E-state index is 0.000727. The zero-order valence-corrected chi connectivity index (χ0v) is 14.9. The molecular weight excluding hydrogens is 312 g/mol. The lowest BCUT2D eigenvalue weighted by Gasteiger charge is -2.31. The van der Waals surface area contributed by atoms with Crippen molar-refractivity contribution in [1.82, 2.24) is 20.4 Å². The number of rotatable bonds is 6. The predicted molar refractivity (Wildman–Crippen MR) is 100 cm³/mol. The molecule has 0 spiro atoms. The Balaban J connectivity index is 1.68. The van der Waals surface area contributed by atoms with E-state index in [0.29, 0.717) is 6.42 Å². The van der Waals surface area contributed by atoms with Gasteiger partial charge >= 0.3 is 0 Å². The van der Waals surface area contributed by atoms with Crippen LogP contribution >= 0.6 is 0 Å². The lowest BCUT2D eigenvalue weighted by atomic mass is 9.99. The summed E-state index contributed by atoms with van der Waals surface area (Å²) in [4.78, 5) is 14.6. The number of likely N-dealkylation sites (N-methyl/N-ethyl adjacent to an activating group) is 1. The molecule has 3 aromatic rings. The average molecular weight is 336 g/mol. The van der Waals surface area contributed by atoms with Crippen LogP contribution < -0.4 is 5.32 Å². The number of nitrogens with zero attached hydrogens (tertiary/aromatic N) is 2. The van der Waals surface area contributed by atoms with Gasteiger partial charge in [-0.05, 0) is 38.2 Å². The third kappa shape index (κ3) is 4.06. The molecule has 3 rings (SSSR count). The van der Waals surface area contributed by atoms with E-state index in [-0.39, 0.29) is 18.0 Å². The van der Waals surface area contributed by atoms with Crippen molar-refractivity contribution < 1.29 is 4.79 Å². The number of fused-ring (bicyclic) bond motifs is 1. The standard InChI is InChI=1S/C20H24N4O/c1-14(20(24(2)3)16-7-5-4-6-8-16)22-19(25)12-15-9-10-17-13-21-23-18(17)11-15/h4-11,13-14,20H,12H2,1-3H3,(H,21,23)(H,22,25)/t14-,20+/m1/s1. The molecule has 2 atom stereocenters. The van der Waals surface area contributed by atoms with Crippen LogP contribution in [0, 0.1) is 0 Å². The van der Waals surface area contributed by atoms with Crippen LogP contribution in [0.5, 0.6) is 0 Å². The van der Waals surface area contributed by atoms with Crippen molar-refractivity contribution in [2.24, 2.45) is 0 Å². The maximum absolute atomic E-state index is 12.5. The third-order valence-electron chi connectivity index (χ3n) is 4.43. The molecule has 130 valence electrons. The normalized spacial score (nSPS) is 13.8. The second kappa shape index (κ2) is 7.49. The van der Waals surface area contributed by atoms with E-state index >= 15 is 0 Å². The van der Waals surface area contributed by atoms with Gasteiger partial charge in [0.25, 0.3) is 0 Å². The van der Waals surface area contributed by atoms with E-state index in [4.69, 9.17) is 0 Å². The molecule has 1 amide bonds. The largest absolute Gasteiger partial charge is 0.351 e. The number of carbonyl (C=O) groups excluding carboxylic acids is 1. The molecule has 0 bridgehead atoms. The Labute approximate surface area is 148 Å². The first-order valence-corrected chi connectivity index (χ1v) is 8.47. The Bertz CT molecular complexity index is 841. The van der Waals surface area contributed by atoms with E-state index < -0.39 is 0 Å². The van der Waals surface area contributed by atoms with Gasteiger partial charge in [0.2, 0.25) is 5.91 Å². The van der Waals surface area contributed by atoms with E-state index in [1.165, 1.54) is 5.56 Å². The van der Waals surface area contributed by atoms with Gasteiger partial charge in [-0.1, -0.05) is 42.5 Å². The summed E-state index contributed by atoms with van der Waals surface area (Å²) in [7, 11) is 4.07. The van der Waals surface area contributed by atoms with Gasteiger partial charge in [0.05, 0.1) is 24.2 Å². The zero-order chi connectivity index (χ0) is 17.8. The first-order chi connectivity index (χ1) is 12.0. The number of benzene rings is 2. The van der Waals surface area contributed by atoms with Gasteiger partial charge in [-0.15, -0.1) is 0 Å². The van der Waals surface area contributed by atoms with E-state index in [2.05, 4.69) is 32.5 Å². The highest BCUT2D eigenvalue weighted by Crippen LogP contribution is 2.22. The first-order valence-electron chi connectivity index (χ1n) is 8.47. The van der Waals surface area contributed by atoms with Crippen molar-refractivity contribution in [3.63, 3.8) is 0 Å². The van der Waals surface area contributed by atoms with Gasteiger partial charge in [-0.2, -0.15) is 5.10 Å². The SMILES string of the molecule is C[C@@H](NC(=O)Cc1ccc2cn[nH]c2c1)[C@@H](c1ccccc1)N(C)C. The van der Waals surface area contributed by atoms with E-state index in [1.807, 2.05) is 57.4 Å². The quantitative estimate of drug-likeness (QED) is 0.727. The first kappa shape index (κ1) is 17.2. The number of aromatic amines is 1. The summed E-state index contributed by atoms with van der Waals surface area (Å²) in [5.41, 5.74) is 3.12. The lowest BCUT2D eigenvalue weighted by Crippen LogP contribution is -2.42. The molecule has 0 aliphatic rings. The Hall–Kier alpha value is -2.66. The molecule has 25 heavy (non-hydrogen) atoms. The Morgan fingerprint density at radius 1 is 1.20 bits per heavy atom. The van der Waals surface area contributed by atoms with Crippen LogP contribution in [0.25, 0.3) is 10.9 Å². The third-order valence-corrected chi connectivity index (χ3v) is 4.43. The molecule has 0 radical (unpaired) electrons. The number of aromatic nitrogens is 2. The van der Waals surface area contributed by atoms with Gasteiger partial charge in [-0.25, -0.2) is 0 Å². The number of hydrogen-bond donors (Lipinski definition) is 2. The summed E-state index contributed by atoms with van der Waals surface area (Å²) in [6, 6.07) is 16.3. The molecule has 1 aromatic heterocycles. The van der Waals surface area contributed by atoms with Crippen LogP contribution in [-0.4, -0.2) is 41.1 Å². The van der Waals surface area contributed by atoms with E-state index in [0.717, 1.165) is 16.5 Å². The van der Waals surface area contributed by atoms with Crippen LogP contribution in [0.2, 0.25) is 0 Å². The van der Waals surface area contributed by atoms with Gasteiger partial charge < -0.3 is 10.2 Å². The van der Waals surface area contributed by atoms with Crippen molar-refractivity contribution in [2.75, 3.05) is 14.1 Å². The molecule has 2 N–H and O–H groups in total. The number of nitrogens with one attached hydrogen (secondary N) is 2. The minimum Gasteiger partial charge on any atom is -0.351 e. The Kier molecular flexibility index (Phi) is 5.14. The van der Waals surface area contributed by atoms with Crippen LogP contribution in [0.15, 0.2) is 54.7 Å². The predicted octanol–water partition coefficient (Wildman–Crippen LogP) is 2.91. The molecule has 1 heterocycles.